The third kappa shape index (κ3) is 4.19. The molecule has 0 spiro atoms. The molecule has 1 atom stereocenters. The van der Waals surface area contributed by atoms with Crippen molar-refractivity contribution in [2.24, 2.45) is 10.7 Å². The van der Waals surface area contributed by atoms with Crippen molar-refractivity contribution < 1.29 is 9.53 Å². The van der Waals surface area contributed by atoms with Gasteiger partial charge in [-0.2, -0.15) is 0 Å². The van der Waals surface area contributed by atoms with E-state index in [9.17, 15) is 4.79 Å². The van der Waals surface area contributed by atoms with Gasteiger partial charge >= 0.3 is 0 Å². The Hall–Kier alpha value is -2.24. The first kappa shape index (κ1) is 16.6. The highest BCUT2D eigenvalue weighted by molar-refractivity contribution is 5.84. The summed E-state index contributed by atoms with van der Waals surface area (Å²) in [5, 5.41) is 3.05. The van der Waals surface area contributed by atoms with Crippen LogP contribution in [-0.4, -0.2) is 43.0 Å². The summed E-state index contributed by atoms with van der Waals surface area (Å²) in [7, 11) is 0. The lowest BCUT2D eigenvalue weighted by Crippen LogP contribution is -2.39. The summed E-state index contributed by atoms with van der Waals surface area (Å²) in [5.41, 5.74) is 7.08. The van der Waals surface area contributed by atoms with Crippen LogP contribution in [-0.2, 0) is 4.79 Å². The van der Waals surface area contributed by atoms with Gasteiger partial charge in [-0.1, -0.05) is 31.0 Å². The number of nitrogens with two attached hydrogens (primary N) is 1. The zero-order valence-electron chi connectivity index (χ0n) is 14.0. The highest BCUT2D eigenvalue weighted by atomic mass is 16.5. The number of carbonyl (C=O) groups excluding carboxylic acids is 1. The highest BCUT2D eigenvalue weighted by Gasteiger charge is 2.22. The Labute approximate surface area is 143 Å². The van der Waals surface area contributed by atoms with Crippen molar-refractivity contribution in [2.45, 2.75) is 38.1 Å². The Morgan fingerprint density at radius 3 is 2.79 bits per heavy atom. The van der Waals surface area contributed by atoms with E-state index in [1.807, 2.05) is 24.3 Å². The molecular formula is C18H26N4O2. The molecule has 3 N–H and O–H groups in total. The van der Waals surface area contributed by atoms with E-state index < -0.39 is 0 Å². The number of likely N-dealkylation sites (tertiary alicyclic amines) is 1. The largest absolute Gasteiger partial charge is 0.493 e. The van der Waals surface area contributed by atoms with Gasteiger partial charge in [0.15, 0.2) is 5.96 Å². The number of hydrogen-bond donors (Lipinski definition) is 2. The van der Waals surface area contributed by atoms with E-state index in [-0.39, 0.29) is 18.5 Å². The smallest absolute Gasteiger partial charge is 0.242 e. The maximum atomic E-state index is 12.2. The summed E-state index contributed by atoms with van der Waals surface area (Å²) in [6.45, 7) is 2.55. The standard InChI is InChI=1S/C18H26N4O2/c19-18(22-10-5-1-2-6-11-22)20-13-17(23)21-15-9-12-24-16-8-4-3-7-14(15)16/h3-4,7-8,15H,1-2,5-6,9-13H2,(H2,19,20)(H,21,23). The summed E-state index contributed by atoms with van der Waals surface area (Å²) >= 11 is 0. The van der Waals surface area contributed by atoms with E-state index in [1.165, 1.54) is 12.8 Å². The molecule has 1 amide bonds. The molecular weight excluding hydrogens is 304 g/mol. The average molecular weight is 330 g/mol. The maximum absolute atomic E-state index is 12.2. The third-order valence-electron chi connectivity index (χ3n) is 4.61. The van der Waals surface area contributed by atoms with Crippen LogP contribution in [0.1, 0.15) is 43.7 Å². The highest BCUT2D eigenvalue weighted by Crippen LogP contribution is 2.31. The second-order valence-electron chi connectivity index (χ2n) is 6.37. The molecule has 130 valence electrons. The Kier molecular flexibility index (Phi) is 5.56. The number of amides is 1. The number of ether oxygens (including phenoxy) is 1. The third-order valence-corrected chi connectivity index (χ3v) is 4.61. The van der Waals surface area contributed by atoms with Crippen molar-refractivity contribution in [3.63, 3.8) is 0 Å². The van der Waals surface area contributed by atoms with Crippen molar-refractivity contribution in [1.29, 1.82) is 0 Å². The monoisotopic (exact) mass is 330 g/mol. The number of hydrogen-bond acceptors (Lipinski definition) is 3. The van der Waals surface area contributed by atoms with Crippen molar-refractivity contribution in [2.75, 3.05) is 26.2 Å². The second kappa shape index (κ2) is 8.04. The van der Waals surface area contributed by atoms with Gasteiger partial charge < -0.3 is 20.7 Å². The average Bonchev–Trinajstić information content (AvgIpc) is 2.89. The fourth-order valence-electron chi connectivity index (χ4n) is 3.28. The van der Waals surface area contributed by atoms with Gasteiger partial charge in [0.25, 0.3) is 0 Å². The molecule has 6 heteroatoms. The minimum absolute atomic E-state index is 0.0166. The molecule has 0 radical (unpaired) electrons. The van der Waals surface area contributed by atoms with Crippen LogP contribution in [0, 0.1) is 0 Å². The minimum atomic E-state index is -0.102. The van der Waals surface area contributed by atoms with Gasteiger partial charge in [-0.25, -0.2) is 4.99 Å². The topological polar surface area (TPSA) is 79.9 Å². The van der Waals surface area contributed by atoms with Crippen LogP contribution >= 0.6 is 0 Å². The van der Waals surface area contributed by atoms with Gasteiger partial charge in [0.2, 0.25) is 5.91 Å². The molecule has 2 aliphatic heterocycles. The molecule has 0 aliphatic carbocycles. The molecule has 3 rings (SSSR count). The number of rotatable bonds is 3. The van der Waals surface area contributed by atoms with Crippen LogP contribution in [0.4, 0.5) is 0 Å². The first-order chi connectivity index (χ1) is 11.7. The normalized spacial score (nSPS) is 21.4. The van der Waals surface area contributed by atoms with Crippen molar-refractivity contribution in [3.05, 3.63) is 29.8 Å². The van der Waals surface area contributed by atoms with Gasteiger partial charge in [0, 0.05) is 25.1 Å². The summed E-state index contributed by atoms with van der Waals surface area (Å²) in [4.78, 5) is 18.6. The summed E-state index contributed by atoms with van der Waals surface area (Å²) in [5.74, 6) is 1.23. The van der Waals surface area contributed by atoms with E-state index in [0.717, 1.165) is 43.7 Å². The van der Waals surface area contributed by atoms with Gasteiger partial charge in [0.1, 0.15) is 12.3 Å². The molecule has 1 aromatic carbocycles. The van der Waals surface area contributed by atoms with Crippen LogP contribution < -0.4 is 15.8 Å². The summed E-state index contributed by atoms with van der Waals surface area (Å²) in [6, 6.07) is 7.81. The van der Waals surface area contributed by atoms with Gasteiger partial charge in [-0.3, -0.25) is 4.79 Å². The van der Waals surface area contributed by atoms with Gasteiger partial charge in [-0.15, -0.1) is 0 Å². The first-order valence-electron chi connectivity index (χ1n) is 8.80. The lowest BCUT2D eigenvalue weighted by Gasteiger charge is -2.26. The van der Waals surface area contributed by atoms with Crippen LogP contribution in [0.5, 0.6) is 5.75 Å². The SMILES string of the molecule is NC(=NCC(=O)NC1CCOc2ccccc21)N1CCCCCC1. The van der Waals surface area contributed by atoms with Crippen LogP contribution in [0.25, 0.3) is 0 Å². The molecule has 2 heterocycles. The first-order valence-corrected chi connectivity index (χ1v) is 8.80. The molecule has 24 heavy (non-hydrogen) atoms. The number of nitrogens with one attached hydrogen (secondary N) is 1. The van der Waals surface area contributed by atoms with E-state index in [2.05, 4.69) is 15.2 Å². The van der Waals surface area contributed by atoms with E-state index in [0.29, 0.717) is 12.6 Å². The predicted octanol–water partition coefficient (Wildman–Crippen LogP) is 1.82. The van der Waals surface area contributed by atoms with E-state index in [4.69, 9.17) is 10.5 Å². The van der Waals surface area contributed by atoms with Crippen LogP contribution in [0.15, 0.2) is 29.3 Å². The Morgan fingerprint density at radius 2 is 2.00 bits per heavy atom. The molecule has 1 saturated heterocycles. The van der Waals surface area contributed by atoms with Crippen LogP contribution in [0.2, 0.25) is 0 Å². The van der Waals surface area contributed by atoms with E-state index in [1.54, 1.807) is 0 Å². The number of aliphatic imine (C=N–C) groups is 1. The zero-order chi connectivity index (χ0) is 16.8. The van der Waals surface area contributed by atoms with E-state index >= 15 is 0 Å². The van der Waals surface area contributed by atoms with Crippen molar-refractivity contribution >= 4 is 11.9 Å². The number of fused-ring (bicyclic) bond motifs is 1. The second-order valence-corrected chi connectivity index (χ2v) is 6.37. The number of para-hydroxylation sites is 1. The number of guanidine groups is 1. The Balaban J connectivity index is 1.55. The van der Waals surface area contributed by atoms with Crippen LogP contribution in [0.3, 0.4) is 0 Å². The predicted molar refractivity (Wildman–Crippen MR) is 94.0 cm³/mol. The molecule has 1 fully saturated rings. The Morgan fingerprint density at radius 1 is 1.25 bits per heavy atom. The quantitative estimate of drug-likeness (QED) is 0.654. The molecule has 2 aliphatic rings. The summed E-state index contributed by atoms with van der Waals surface area (Å²) in [6.07, 6.45) is 5.54. The number of nitrogens with zero attached hydrogens (tertiary/aromatic N) is 2. The molecule has 6 nitrogen and oxygen atoms in total. The molecule has 0 bridgehead atoms. The molecule has 0 saturated carbocycles. The van der Waals surface area contributed by atoms with Gasteiger partial charge in [-0.05, 0) is 18.9 Å². The number of benzene rings is 1. The van der Waals surface area contributed by atoms with Crippen molar-refractivity contribution in [3.8, 4) is 5.75 Å². The van der Waals surface area contributed by atoms with Crippen molar-refractivity contribution in [1.82, 2.24) is 10.2 Å². The fraction of sp³-hybridized carbons (Fsp3) is 0.556. The zero-order valence-corrected chi connectivity index (χ0v) is 14.0. The molecule has 0 aromatic heterocycles. The fourth-order valence-corrected chi connectivity index (χ4v) is 3.28. The molecule has 1 aromatic rings. The lowest BCUT2D eigenvalue weighted by molar-refractivity contribution is -0.120. The maximum Gasteiger partial charge on any atom is 0.242 e. The lowest BCUT2D eigenvalue weighted by atomic mass is 10.0. The number of carbonyl (C=O) groups is 1. The Bertz CT molecular complexity index is 594. The molecule has 1 unspecified atom stereocenters. The summed E-state index contributed by atoms with van der Waals surface area (Å²) < 4.78 is 5.62. The minimum Gasteiger partial charge on any atom is -0.493 e. The van der Waals surface area contributed by atoms with Gasteiger partial charge in [0.05, 0.1) is 12.6 Å².